The fourth-order valence-corrected chi connectivity index (χ4v) is 20.9. The maximum Gasteiger partial charge on any atom is 0.315 e. The molecule has 92 heavy (non-hydrogen) atoms. The van der Waals surface area contributed by atoms with E-state index in [9.17, 15) is 9.59 Å². The summed E-state index contributed by atoms with van der Waals surface area (Å²) in [6, 6.07) is 3.87. The van der Waals surface area contributed by atoms with Crippen LogP contribution in [0.15, 0.2) is 12.1 Å². The van der Waals surface area contributed by atoms with Gasteiger partial charge in [0, 0.05) is 17.4 Å². The number of urea groups is 1. The number of ether oxygens (including phenoxy) is 16. The van der Waals surface area contributed by atoms with Crippen molar-refractivity contribution in [3.8, 4) is 17.2 Å². The second kappa shape index (κ2) is 35.1. The number of thioether (sulfide) groups is 1. The summed E-state index contributed by atoms with van der Waals surface area (Å²) in [5, 5.41) is 6.39. The van der Waals surface area contributed by atoms with Gasteiger partial charge in [0.05, 0.1) is 168 Å². The van der Waals surface area contributed by atoms with Gasteiger partial charge in [-0.25, -0.2) is 4.79 Å². The van der Waals surface area contributed by atoms with E-state index in [0.29, 0.717) is 173 Å². The molecule has 2 N–H and O–H groups in total. The first kappa shape index (κ1) is 69.1. The average molecular weight is 1310 g/mol. The van der Waals surface area contributed by atoms with Crippen LogP contribution in [0.5, 0.6) is 17.2 Å². The van der Waals surface area contributed by atoms with Crippen LogP contribution in [0.4, 0.5) is 4.79 Å². The molecular formula is C71H112N2O18S. The lowest BCUT2D eigenvalue weighted by molar-refractivity contribution is -0.169. The lowest BCUT2D eigenvalue weighted by Gasteiger charge is -2.56. The van der Waals surface area contributed by atoms with Gasteiger partial charge in [-0.05, 0) is 199 Å². The smallest absolute Gasteiger partial charge is 0.315 e. The molecule has 3 unspecified atom stereocenters. The standard InChI is InChI=1S/C71H112N2O18S/c74-65(4-2-1-3-64-66-61(50-92-64)72-68(75)73-66)88-49-60-38-62(85-23-17-79-11-5-76-8-14-82-20-26-89-69-40-51-29-52(41-69)31-53(30-51)42-69)67(87-25-19-81-13-7-78-10-16-84-22-28-91-71-46-57-35-58(47-71)37-59(36-57)48-71)63(39-60)86-24-18-80-12-6-77-9-15-83-21-27-90-70-43-54-32-55(44-70)34-56(33-54)45-70/h38-39,51-59,61,64,66H,1-37,40-50H2,(H2,72,73,75). The molecule has 14 aliphatic rings. The number of amides is 2. The van der Waals surface area contributed by atoms with Crippen LogP contribution >= 0.6 is 11.8 Å². The highest BCUT2D eigenvalue weighted by Crippen LogP contribution is 2.59. The number of hydrogen-bond donors (Lipinski definition) is 2. The number of fused-ring (bicyclic) bond motifs is 1. The lowest BCUT2D eigenvalue weighted by Crippen LogP contribution is -2.52. The van der Waals surface area contributed by atoms with E-state index in [0.717, 1.165) is 71.9 Å². The number of carbonyl (C=O) groups is 2. The molecular weight excluding hydrogens is 1200 g/mol. The third-order valence-corrected chi connectivity index (χ3v) is 23.6. The molecule has 14 fully saturated rings. The number of nitrogens with one attached hydrogen (secondary N) is 2. The lowest BCUT2D eigenvalue weighted by atomic mass is 9.54. The third kappa shape index (κ3) is 20.4. The normalized spacial score (nSPS) is 33.2. The summed E-state index contributed by atoms with van der Waals surface area (Å²) in [6.07, 6.45) is 26.5. The van der Waals surface area contributed by atoms with Crippen LogP contribution in [0.2, 0.25) is 0 Å². The molecule has 2 saturated heterocycles. The number of benzene rings is 1. The number of rotatable bonds is 49. The second-order valence-electron chi connectivity index (χ2n) is 29.4. The molecule has 0 aromatic heterocycles. The van der Waals surface area contributed by atoms with Crippen LogP contribution in [0.1, 0.15) is 147 Å². The maximum atomic E-state index is 13.2. The molecule has 2 aliphatic heterocycles. The first-order valence-electron chi connectivity index (χ1n) is 36.2. The molecule has 20 nitrogen and oxygen atoms in total. The van der Waals surface area contributed by atoms with Crippen molar-refractivity contribution in [2.45, 2.75) is 182 Å². The predicted molar refractivity (Wildman–Crippen MR) is 345 cm³/mol. The zero-order valence-electron chi connectivity index (χ0n) is 55.3. The van der Waals surface area contributed by atoms with Crippen LogP contribution in [0.25, 0.3) is 0 Å². The van der Waals surface area contributed by atoms with Gasteiger partial charge >= 0.3 is 12.0 Å². The summed E-state index contributed by atoms with van der Waals surface area (Å²) in [6.45, 7) is 10.6. The van der Waals surface area contributed by atoms with Crippen molar-refractivity contribution in [2.24, 2.45) is 53.3 Å². The minimum absolute atomic E-state index is 0.00870. The SMILES string of the molecule is O=C1NC2CSC(CCCCC(=O)OCc3cc(OCCOCCOCCOCCOC45CC6CC(CC(C6)C4)C5)c(OCCOCCOCCOCCOC45CC6CC(CC(C6)C4)C5)c(OCCOCCOCCOCCOC45CC6CC(CC(C6)C4)C5)c3)C2N1. The molecule has 15 rings (SSSR count). The van der Waals surface area contributed by atoms with Gasteiger partial charge in [-0.2, -0.15) is 11.8 Å². The quantitative estimate of drug-likeness (QED) is 0.0354. The molecule has 12 aliphatic carbocycles. The van der Waals surface area contributed by atoms with E-state index in [1.807, 2.05) is 23.9 Å². The molecule has 1 aromatic rings. The Labute approximate surface area is 551 Å². The Kier molecular flexibility index (Phi) is 26.4. The Morgan fingerprint density at radius 1 is 0.413 bits per heavy atom. The summed E-state index contributed by atoms with van der Waals surface area (Å²) in [7, 11) is 0. The fourth-order valence-electron chi connectivity index (χ4n) is 19.4. The Hall–Kier alpha value is -2.77. The van der Waals surface area contributed by atoms with E-state index < -0.39 is 0 Å². The van der Waals surface area contributed by atoms with Gasteiger partial charge in [0.15, 0.2) is 11.5 Å². The Bertz CT molecular complexity index is 2210. The van der Waals surface area contributed by atoms with E-state index in [1.165, 1.54) is 116 Å². The van der Waals surface area contributed by atoms with E-state index in [4.69, 9.17) is 75.8 Å². The molecule has 0 radical (unpaired) electrons. The summed E-state index contributed by atoms with van der Waals surface area (Å²) >= 11 is 1.88. The van der Waals surface area contributed by atoms with Crippen molar-refractivity contribution >= 4 is 23.8 Å². The van der Waals surface area contributed by atoms with Crippen molar-refractivity contribution < 1.29 is 85.4 Å². The first-order chi connectivity index (χ1) is 45.2. The van der Waals surface area contributed by atoms with Gasteiger partial charge in [-0.3, -0.25) is 4.79 Å². The topological polar surface area (TPSA) is 206 Å². The predicted octanol–water partition coefficient (Wildman–Crippen LogP) is 9.70. The van der Waals surface area contributed by atoms with Crippen molar-refractivity contribution in [1.29, 1.82) is 0 Å². The summed E-state index contributed by atoms with van der Waals surface area (Å²) in [4.78, 5) is 25.1. The van der Waals surface area contributed by atoms with Gasteiger partial charge in [0.25, 0.3) is 0 Å². The maximum absolute atomic E-state index is 13.2. The number of unbranched alkanes of at least 4 members (excludes halogenated alkanes) is 1. The molecule has 21 heteroatoms. The van der Waals surface area contributed by atoms with Crippen LogP contribution in [-0.2, 0) is 73.0 Å². The van der Waals surface area contributed by atoms with Gasteiger partial charge < -0.3 is 86.4 Å². The van der Waals surface area contributed by atoms with Crippen LogP contribution in [0.3, 0.4) is 0 Å². The number of hydrogen-bond acceptors (Lipinski definition) is 19. The number of carbonyl (C=O) groups excluding carboxylic acids is 2. The molecule has 2 heterocycles. The highest BCUT2D eigenvalue weighted by molar-refractivity contribution is 8.00. The zero-order valence-corrected chi connectivity index (χ0v) is 56.1. The molecule has 12 bridgehead atoms. The summed E-state index contributed by atoms with van der Waals surface area (Å²) < 4.78 is 97.6. The van der Waals surface area contributed by atoms with Gasteiger partial charge in [-0.15, -0.1) is 0 Å². The van der Waals surface area contributed by atoms with Gasteiger partial charge in [0.2, 0.25) is 5.75 Å². The molecule has 12 saturated carbocycles. The van der Waals surface area contributed by atoms with Crippen LogP contribution in [0, 0.1) is 53.3 Å². The minimum atomic E-state index is -0.291. The summed E-state index contributed by atoms with van der Waals surface area (Å²) in [5.41, 5.74) is 0.982. The molecule has 0 spiro atoms. The summed E-state index contributed by atoms with van der Waals surface area (Å²) in [5.74, 6) is 9.64. The second-order valence-corrected chi connectivity index (χ2v) is 30.6. The van der Waals surface area contributed by atoms with Crippen molar-refractivity contribution in [2.75, 3.05) is 164 Å². The molecule has 520 valence electrons. The van der Waals surface area contributed by atoms with Crippen molar-refractivity contribution in [3.05, 3.63) is 17.7 Å². The first-order valence-corrected chi connectivity index (χ1v) is 37.3. The van der Waals surface area contributed by atoms with E-state index >= 15 is 0 Å². The highest BCUT2D eigenvalue weighted by Gasteiger charge is 2.54. The van der Waals surface area contributed by atoms with Crippen LogP contribution in [-0.4, -0.2) is 210 Å². The highest BCUT2D eigenvalue weighted by atomic mass is 32.2. The van der Waals surface area contributed by atoms with Gasteiger partial charge in [-0.1, -0.05) is 6.42 Å². The monoisotopic (exact) mass is 1310 g/mol. The minimum Gasteiger partial charge on any atom is -0.487 e. The van der Waals surface area contributed by atoms with Crippen LogP contribution < -0.4 is 24.8 Å². The molecule has 1 aromatic carbocycles. The average Bonchev–Trinajstić information content (AvgIpc) is 0.941. The Balaban J connectivity index is 0.566. The van der Waals surface area contributed by atoms with E-state index in [1.54, 1.807) is 0 Å². The largest absolute Gasteiger partial charge is 0.487 e. The Morgan fingerprint density at radius 3 is 1.10 bits per heavy atom. The molecule has 3 atom stereocenters. The Morgan fingerprint density at radius 2 is 0.739 bits per heavy atom. The molecule has 2 amide bonds. The van der Waals surface area contributed by atoms with Crippen molar-refractivity contribution in [3.63, 3.8) is 0 Å². The van der Waals surface area contributed by atoms with Crippen molar-refractivity contribution in [1.82, 2.24) is 10.6 Å². The fraction of sp³-hybridized carbons (Fsp3) is 0.887. The van der Waals surface area contributed by atoms with E-state index in [2.05, 4.69) is 10.6 Å². The van der Waals surface area contributed by atoms with Gasteiger partial charge in [0.1, 0.15) is 26.4 Å². The van der Waals surface area contributed by atoms with E-state index in [-0.39, 0.29) is 73.7 Å². The third-order valence-electron chi connectivity index (χ3n) is 22.1. The number of esters is 1. The zero-order chi connectivity index (χ0) is 62.7.